The lowest BCUT2D eigenvalue weighted by Gasteiger charge is -2.36. The van der Waals surface area contributed by atoms with E-state index in [0.29, 0.717) is 25.3 Å². The number of hydrogen-bond donors (Lipinski definition) is 1. The molecular formula is C22H24N4O2. The number of benzene rings is 1. The Morgan fingerprint density at radius 2 is 1.96 bits per heavy atom. The number of piperazine rings is 1. The van der Waals surface area contributed by atoms with E-state index in [1.165, 1.54) is 11.3 Å². The van der Waals surface area contributed by atoms with Crippen molar-refractivity contribution in [1.29, 1.82) is 0 Å². The average molecular weight is 376 g/mol. The number of furan rings is 1. The van der Waals surface area contributed by atoms with Gasteiger partial charge in [0, 0.05) is 43.8 Å². The molecule has 6 heteroatoms. The predicted octanol–water partition coefficient (Wildman–Crippen LogP) is 3.56. The topological polar surface area (TPSA) is 61.6 Å². The monoisotopic (exact) mass is 376 g/mol. The molecule has 1 N–H and O–H groups in total. The Hall–Kier alpha value is -3.28. The number of carbonyl (C=O) groups is 1. The van der Waals surface area contributed by atoms with E-state index in [0.717, 1.165) is 24.5 Å². The van der Waals surface area contributed by atoms with Crippen molar-refractivity contribution in [3.63, 3.8) is 0 Å². The van der Waals surface area contributed by atoms with E-state index in [4.69, 9.17) is 4.42 Å². The Bertz CT molecular complexity index is 931. The van der Waals surface area contributed by atoms with Gasteiger partial charge in [0.05, 0.1) is 12.8 Å². The number of amides is 1. The predicted molar refractivity (Wildman–Crippen MR) is 110 cm³/mol. The molecule has 6 nitrogen and oxygen atoms in total. The smallest absolute Gasteiger partial charge is 0.272 e. The van der Waals surface area contributed by atoms with Gasteiger partial charge < -0.3 is 19.5 Å². The summed E-state index contributed by atoms with van der Waals surface area (Å²) >= 11 is 0. The van der Waals surface area contributed by atoms with Crippen LogP contribution >= 0.6 is 0 Å². The Kier molecular flexibility index (Phi) is 5.28. The van der Waals surface area contributed by atoms with E-state index < -0.39 is 0 Å². The SMILES string of the molecule is Cc1cccc(N2CCN(C(=O)c3cc(NCc4ccco4)ccn3)CC2)c1. The summed E-state index contributed by atoms with van der Waals surface area (Å²) in [6.45, 7) is 5.70. The van der Waals surface area contributed by atoms with Gasteiger partial charge in [-0.3, -0.25) is 9.78 Å². The second-order valence-corrected chi connectivity index (χ2v) is 6.98. The van der Waals surface area contributed by atoms with Crippen LogP contribution in [0.25, 0.3) is 0 Å². The molecule has 4 rings (SSSR count). The van der Waals surface area contributed by atoms with Crippen LogP contribution in [0.2, 0.25) is 0 Å². The first-order chi connectivity index (χ1) is 13.7. The van der Waals surface area contributed by atoms with Crippen LogP contribution in [0.5, 0.6) is 0 Å². The molecule has 1 amide bonds. The van der Waals surface area contributed by atoms with Crippen molar-refractivity contribution in [2.45, 2.75) is 13.5 Å². The fourth-order valence-electron chi connectivity index (χ4n) is 3.41. The molecule has 28 heavy (non-hydrogen) atoms. The van der Waals surface area contributed by atoms with Crippen LogP contribution < -0.4 is 10.2 Å². The maximum atomic E-state index is 12.9. The van der Waals surface area contributed by atoms with Gasteiger partial charge in [-0.2, -0.15) is 0 Å². The summed E-state index contributed by atoms with van der Waals surface area (Å²) in [4.78, 5) is 21.4. The summed E-state index contributed by atoms with van der Waals surface area (Å²) in [6, 6.07) is 15.9. The van der Waals surface area contributed by atoms with Crippen LogP contribution in [0.4, 0.5) is 11.4 Å². The van der Waals surface area contributed by atoms with Crippen molar-refractivity contribution in [1.82, 2.24) is 9.88 Å². The van der Waals surface area contributed by atoms with Crippen LogP contribution in [0, 0.1) is 6.92 Å². The molecule has 1 aliphatic rings. The third-order valence-corrected chi connectivity index (χ3v) is 4.96. The molecule has 0 unspecified atom stereocenters. The Balaban J connectivity index is 1.36. The number of nitrogens with one attached hydrogen (secondary N) is 1. The van der Waals surface area contributed by atoms with E-state index in [-0.39, 0.29) is 5.91 Å². The van der Waals surface area contributed by atoms with Gasteiger partial charge in [0.1, 0.15) is 11.5 Å². The Morgan fingerprint density at radius 3 is 2.71 bits per heavy atom. The highest BCUT2D eigenvalue weighted by molar-refractivity contribution is 5.93. The van der Waals surface area contributed by atoms with Crippen LogP contribution in [0.15, 0.2) is 65.4 Å². The van der Waals surface area contributed by atoms with Gasteiger partial charge in [0.2, 0.25) is 0 Å². The molecule has 0 radical (unpaired) electrons. The number of aromatic nitrogens is 1. The molecule has 1 aromatic carbocycles. The average Bonchev–Trinajstić information content (AvgIpc) is 3.26. The zero-order valence-electron chi connectivity index (χ0n) is 16.0. The number of aryl methyl sites for hydroxylation is 1. The molecule has 1 aliphatic heterocycles. The molecule has 0 aliphatic carbocycles. The van der Waals surface area contributed by atoms with Crippen molar-refractivity contribution in [2.75, 3.05) is 36.4 Å². The number of pyridine rings is 1. The fraction of sp³-hybridized carbons (Fsp3) is 0.273. The van der Waals surface area contributed by atoms with Crippen molar-refractivity contribution in [3.8, 4) is 0 Å². The summed E-state index contributed by atoms with van der Waals surface area (Å²) in [6.07, 6.45) is 3.32. The minimum absolute atomic E-state index is 0.0226. The van der Waals surface area contributed by atoms with Gasteiger partial charge in [-0.05, 0) is 48.9 Å². The zero-order valence-corrected chi connectivity index (χ0v) is 16.0. The lowest BCUT2D eigenvalue weighted by molar-refractivity contribution is 0.0741. The fourth-order valence-corrected chi connectivity index (χ4v) is 3.41. The maximum absolute atomic E-state index is 12.9. The minimum atomic E-state index is -0.0226. The molecule has 0 spiro atoms. The molecule has 0 atom stereocenters. The normalized spacial score (nSPS) is 14.2. The summed E-state index contributed by atoms with van der Waals surface area (Å²) in [5.74, 6) is 0.822. The first-order valence-electron chi connectivity index (χ1n) is 9.52. The van der Waals surface area contributed by atoms with Crippen molar-refractivity contribution < 1.29 is 9.21 Å². The van der Waals surface area contributed by atoms with E-state index in [9.17, 15) is 4.79 Å². The minimum Gasteiger partial charge on any atom is -0.467 e. The molecule has 1 fully saturated rings. The van der Waals surface area contributed by atoms with Gasteiger partial charge in [-0.25, -0.2) is 0 Å². The first kappa shape index (κ1) is 18.1. The third-order valence-electron chi connectivity index (χ3n) is 4.96. The lowest BCUT2D eigenvalue weighted by atomic mass is 10.2. The van der Waals surface area contributed by atoms with Crippen molar-refractivity contribution in [3.05, 3.63) is 78.0 Å². The molecule has 3 heterocycles. The van der Waals surface area contributed by atoms with Crippen molar-refractivity contribution >= 4 is 17.3 Å². The summed E-state index contributed by atoms with van der Waals surface area (Å²) in [7, 11) is 0. The second-order valence-electron chi connectivity index (χ2n) is 6.98. The quantitative estimate of drug-likeness (QED) is 0.738. The van der Waals surface area contributed by atoms with Gasteiger partial charge in [-0.1, -0.05) is 12.1 Å². The molecule has 3 aromatic rings. The van der Waals surface area contributed by atoms with Gasteiger partial charge in [0.25, 0.3) is 5.91 Å². The van der Waals surface area contributed by atoms with Crippen LogP contribution in [-0.4, -0.2) is 42.0 Å². The largest absolute Gasteiger partial charge is 0.467 e. The zero-order chi connectivity index (χ0) is 19.3. The van der Waals surface area contributed by atoms with Gasteiger partial charge in [0.15, 0.2) is 0 Å². The number of rotatable bonds is 5. The third kappa shape index (κ3) is 4.17. The van der Waals surface area contributed by atoms with Crippen LogP contribution in [0.1, 0.15) is 21.8 Å². The lowest BCUT2D eigenvalue weighted by Crippen LogP contribution is -2.49. The summed E-state index contributed by atoms with van der Waals surface area (Å²) in [5, 5.41) is 3.27. The van der Waals surface area contributed by atoms with Crippen LogP contribution in [0.3, 0.4) is 0 Å². The Labute approximate surface area is 164 Å². The maximum Gasteiger partial charge on any atom is 0.272 e. The van der Waals surface area contributed by atoms with Gasteiger partial charge >= 0.3 is 0 Å². The summed E-state index contributed by atoms with van der Waals surface area (Å²) in [5.41, 5.74) is 3.79. The molecule has 0 bridgehead atoms. The molecule has 2 aromatic heterocycles. The van der Waals surface area contributed by atoms with E-state index >= 15 is 0 Å². The van der Waals surface area contributed by atoms with Crippen LogP contribution in [-0.2, 0) is 6.54 Å². The Morgan fingerprint density at radius 1 is 1.11 bits per heavy atom. The number of hydrogen-bond acceptors (Lipinski definition) is 5. The number of nitrogens with zero attached hydrogens (tertiary/aromatic N) is 3. The second kappa shape index (κ2) is 8.17. The first-order valence-corrected chi connectivity index (χ1v) is 9.52. The summed E-state index contributed by atoms with van der Waals surface area (Å²) < 4.78 is 5.32. The highest BCUT2D eigenvalue weighted by Gasteiger charge is 2.23. The highest BCUT2D eigenvalue weighted by Crippen LogP contribution is 2.19. The van der Waals surface area contributed by atoms with E-state index in [1.807, 2.05) is 23.1 Å². The number of carbonyl (C=O) groups excluding carboxylic acids is 1. The van der Waals surface area contributed by atoms with Gasteiger partial charge in [-0.15, -0.1) is 0 Å². The van der Waals surface area contributed by atoms with Crippen molar-refractivity contribution in [2.24, 2.45) is 0 Å². The van der Waals surface area contributed by atoms with E-state index in [1.54, 1.807) is 18.5 Å². The molecule has 144 valence electrons. The standard InChI is InChI=1S/C22H24N4O2/c1-17-4-2-5-19(14-17)25-9-11-26(12-10-25)22(27)21-15-18(7-8-23-21)24-16-20-6-3-13-28-20/h2-8,13-15H,9-12,16H2,1H3,(H,23,24). The molecule has 0 saturated carbocycles. The molecule has 1 saturated heterocycles. The highest BCUT2D eigenvalue weighted by atomic mass is 16.3. The number of anilines is 2. The van der Waals surface area contributed by atoms with E-state index in [2.05, 4.69) is 46.4 Å². The molecular weight excluding hydrogens is 352 g/mol.